The lowest BCUT2D eigenvalue weighted by Crippen LogP contribution is -2.58. The summed E-state index contributed by atoms with van der Waals surface area (Å²) in [7, 11) is 3.20. The molecular weight excluding hydrogens is 612 g/mol. The van der Waals surface area contributed by atoms with Crippen molar-refractivity contribution in [1.82, 2.24) is 20.2 Å². The molecule has 0 spiro atoms. The molecule has 3 heterocycles. The van der Waals surface area contributed by atoms with Crippen molar-refractivity contribution in [3.05, 3.63) is 23.9 Å². The molecule has 11 heteroatoms. The lowest BCUT2D eigenvalue weighted by Gasteiger charge is -2.37. The van der Waals surface area contributed by atoms with Crippen LogP contribution < -0.4 is 14.8 Å². The number of rotatable bonds is 5. The lowest BCUT2D eigenvalue weighted by atomic mass is 9.83. The van der Waals surface area contributed by atoms with Crippen LogP contribution in [0, 0.1) is 23.2 Å². The molecule has 2 fully saturated rings. The van der Waals surface area contributed by atoms with Crippen LogP contribution in [0.5, 0.6) is 11.6 Å². The number of aryl methyl sites for hydroxylation is 1. The summed E-state index contributed by atoms with van der Waals surface area (Å²) >= 11 is 0. The Kier molecular flexibility index (Phi) is 11.5. The van der Waals surface area contributed by atoms with Crippen LogP contribution in [0.1, 0.15) is 91.7 Å². The Bertz CT molecular complexity index is 1460. The van der Waals surface area contributed by atoms with Crippen LogP contribution in [-0.2, 0) is 25.5 Å². The molecule has 1 N–H and O–H groups in total. The maximum Gasteiger partial charge on any atom is 0.408 e. The van der Waals surface area contributed by atoms with E-state index in [1.807, 2.05) is 52.8 Å². The second-order valence-electron chi connectivity index (χ2n) is 15.1. The van der Waals surface area contributed by atoms with E-state index in [0.717, 1.165) is 62.6 Å². The Labute approximate surface area is 284 Å². The fraction of sp³-hybridized carbons (Fsp3) is 0.703. The summed E-state index contributed by atoms with van der Waals surface area (Å²) in [6.45, 7) is 9.72. The van der Waals surface area contributed by atoms with Crippen molar-refractivity contribution in [2.75, 3.05) is 27.4 Å². The van der Waals surface area contributed by atoms with Crippen LogP contribution >= 0.6 is 0 Å². The Hall–Kier alpha value is -3.47. The predicted octanol–water partition coefficient (Wildman–Crippen LogP) is 5.90. The van der Waals surface area contributed by atoms with Crippen molar-refractivity contribution >= 4 is 28.8 Å². The number of ether oxygens (including phenoxy) is 4. The van der Waals surface area contributed by atoms with Gasteiger partial charge >= 0.3 is 6.09 Å². The minimum Gasteiger partial charge on any atom is -0.497 e. The third-order valence-corrected chi connectivity index (χ3v) is 10.2. The monoisotopic (exact) mass is 666 g/mol. The number of fused-ring (bicyclic) bond motifs is 5. The zero-order chi connectivity index (χ0) is 34.6. The molecule has 6 atom stereocenters. The van der Waals surface area contributed by atoms with E-state index in [-0.39, 0.29) is 42.8 Å². The number of alkyl carbamates (subject to hydrolysis) is 1. The van der Waals surface area contributed by atoms with Crippen molar-refractivity contribution in [3.8, 4) is 11.6 Å². The van der Waals surface area contributed by atoms with Crippen LogP contribution in [0.2, 0.25) is 0 Å². The molecule has 48 heavy (non-hydrogen) atoms. The number of ketones is 1. The third kappa shape index (κ3) is 8.04. The molecule has 5 rings (SSSR count). The van der Waals surface area contributed by atoms with Crippen LogP contribution in [0.4, 0.5) is 4.79 Å². The molecule has 264 valence electrons. The molecular formula is C37H54N4O7. The summed E-state index contributed by atoms with van der Waals surface area (Å²) < 4.78 is 23.9. The largest absolute Gasteiger partial charge is 0.497 e. The summed E-state index contributed by atoms with van der Waals surface area (Å²) in [6.07, 6.45) is 7.14. The van der Waals surface area contributed by atoms with Gasteiger partial charge in [-0.2, -0.15) is 0 Å². The second kappa shape index (κ2) is 15.4. The van der Waals surface area contributed by atoms with E-state index in [0.29, 0.717) is 23.6 Å². The Balaban J connectivity index is 1.58. The fourth-order valence-electron chi connectivity index (χ4n) is 7.55. The van der Waals surface area contributed by atoms with Crippen molar-refractivity contribution in [2.45, 2.75) is 117 Å². The summed E-state index contributed by atoms with van der Waals surface area (Å²) in [4.78, 5) is 53.6. The van der Waals surface area contributed by atoms with Gasteiger partial charge in [-0.15, -0.1) is 0 Å². The smallest absolute Gasteiger partial charge is 0.408 e. The van der Waals surface area contributed by atoms with Crippen LogP contribution in [0.3, 0.4) is 0 Å². The van der Waals surface area contributed by atoms with Gasteiger partial charge in [-0.1, -0.05) is 53.9 Å². The summed E-state index contributed by atoms with van der Waals surface area (Å²) in [6, 6.07) is 3.86. The van der Waals surface area contributed by atoms with E-state index in [1.165, 1.54) is 0 Å². The molecule has 2 aliphatic heterocycles. The number of hydrogen-bond donors (Lipinski definition) is 1. The van der Waals surface area contributed by atoms with Gasteiger partial charge in [0.25, 0.3) is 0 Å². The molecule has 2 bridgehead atoms. The first kappa shape index (κ1) is 35.8. The molecule has 0 radical (unpaired) electrons. The van der Waals surface area contributed by atoms with E-state index in [1.54, 1.807) is 19.1 Å². The summed E-state index contributed by atoms with van der Waals surface area (Å²) in [5.41, 5.74) is 1.47. The van der Waals surface area contributed by atoms with Gasteiger partial charge in [0.1, 0.15) is 29.7 Å². The zero-order valence-corrected chi connectivity index (χ0v) is 29.8. The van der Waals surface area contributed by atoms with Crippen LogP contribution in [0.25, 0.3) is 11.0 Å². The van der Waals surface area contributed by atoms with Gasteiger partial charge in [-0.25, -0.2) is 14.8 Å². The minimum atomic E-state index is -0.932. The van der Waals surface area contributed by atoms with E-state index in [4.69, 9.17) is 28.9 Å². The van der Waals surface area contributed by atoms with Gasteiger partial charge in [0.2, 0.25) is 11.8 Å². The number of nitrogens with one attached hydrogen (secondary N) is 1. The van der Waals surface area contributed by atoms with Gasteiger partial charge in [-0.3, -0.25) is 9.59 Å². The molecule has 1 aliphatic carbocycles. The molecule has 3 aliphatic rings. The topological polar surface area (TPSA) is 129 Å². The normalized spacial score (nSPS) is 27.6. The second-order valence-corrected chi connectivity index (χ2v) is 15.1. The van der Waals surface area contributed by atoms with Crippen molar-refractivity contribution in [1.29, 1.82) is 0 Å². The zero-order valence-electron chi connectivity index (χ0n) is 29.8. The van der Waals surface area contributed by atoms with E-state index in [2.05, 4.69) is 5.32 Å². The van der Waals surface area contributed by atoms with Crippen LogP contribution in [-0.4, -0.2) is 84.3 Å². The average molecular weight is 667 g/mol. The number of methoxy groups -OCH3 is 2. The molecule has 1 saturated heterocycles. The van der Waals surface area contributed by atoms with E-state index < -0.39 is 35.6 Å². The SMILES string of the molecule is COCC1C2CN(C(=O)C(C(C)(C)C)NC(=O)OC3CCCCC3CCCCCc3nc4ccc(OC)cc4nc3O2)C1C(=O)C(C)C. The highest BCUT2D eigenvalue weighted by Crippen LogP contribution is 2.36. The number of carbonyl (C=O) groups excluding carboxylic acids is 3. The van der Waals surface area contributed by atoms with Gasteiger partial charge in [0.15, 0.2) is 5.78 Å². The number of nitrogens with zero attached hydrogens (tertiary/aromatic N) is 3. The number of aromatic nitrogens is 2. The molecule has 2 amide bonds. The minimum absolute atomic E-state index is 0.0859. The number of carbonyl (C=O) groups is 3. The molecule has 11 nitrogen and oxygen atoms in total. The molecule has 1 aromatic heterocycles. The Morgan fingerprint density at radius 1 is 0.979 bits per heavy atom. The predicted molar refractivity (Wildman–Crippen MR) is 182 cm³/mol. The van der Waals surface area contributed by atoms with E-state index in [9.17, 15) is 14.4 Å². The van der Waals surface area contributed by atoms with Crippen molar-refractivity contribution in [2.24, 2.45) is 23.2 Å². The van der Waals surface area contributed by atoms with Gasteiger partial charge in [0, 0.05) is 25.0 Å². The van der Waals surface area contributed by atoms with Gasteiger partial charge < -0.3 is 29.2 Å². The molecule has 2 aromatic rings. The third-order valence-electron chi connectivity index (χ3n) is 10.2. The number of hydrogen-bond acceptors (Lipinski definition) is 9. The van der Waals surface area contributed by atoms with Crippen LogP contribution in [0.15, 0.2) is 18.2 Å². The highest BCUT2D eigenvalue weighted by molar-refractivity contribution is 5.94. The fourth-order valence-corrected chi connectivity index (χ4v) is 7.55. The summed E-state index contributed by atoms with van der Waals surface area (Å²) in [5, 5.41) is 2.94. The molecule has 6 unspecified atom stereocenters. The molecule has 1 aromatic carbocycles. The lowest BCUT2D eigenvalue weighted by molar-refractivity contribution is -0.143. The Morgan fingerprint density at radius 2 is 1.71 bits per heavy atom. The summed E-state index contributed by atoms with van der Waals surface area (Å²) in [5.74, 6) is 0.0940. The van der Waals surface area contributed by atoms with Crippen molar-refractivity contribution in [3.63, 3.8) is 0 Å². The quantitative estimate of drug-likeness (QED) is 0.415. The highest BCUT2D eigenvalue weighted by Gasteiger charge is 2.52. The van der Waals surface area contributed by atoms with Gasteiger partial charge in [0.05, 0.1) is 37.3 Å². The van der Waals surface area contributed by atoms with Gasteiger partial charge in [-0.05, 0) is 62.0 Å². The average Bonchev–Trinajstić information content (AvgIpc) is 3.39. The number of benzene rings is 1. The van der Waals surface area contributed by atoms with E-state index >= 15 is 0 Å². The first-order valence-electron chi connectivity index (χ1n) is 17.7. The van der Waals surface area contributed by atoms with Crippen molar-refractivity contribution < 1.29 is 33.3 Å². The maximum absolute atomic E-state index is 14.6. The Morgan fingerprint density at radius 3 is 2.40 bits per heavy atom. The molecule has 1 saturated carbocycles. The number of amides is 2. The highest BCUT2D eigenvalue weighted by atomic mass is 16.6. The standard InChI is InChI=1S/C37H54N4O7/c1-22(2)32(42)31-25(21-45-6)30-20-41(31)35(43)33(37(3,4)5)40-36(44)48-29-16-12-11-14-23(29)13-9-8-10-15-27-34(47-30)39-28-19-24(46-7)17-18-26(28)38-27/h17-19,22-23,25,29-31,33H,8-16,20-21H2,1-7H3,(H,40,44). The first-order chi connectivity index (χ1) is 22.9. The first-order valence-corrected chi connectivity index (χ1v) is 17.7. The number of Topliss-reactive ketones (excluding diaryl/α,β-unsaturated/α-hetero) is 1. The maximum atomic E-state index is 14.6.